The van der Waals surface area contributed by atoms with E-state index in [9.17, 15) is 9.18 Å². The van der Waals surface area contributed by atoms with Crippen LogP contribution in [0.25, 0.3) is 0 Å². The van der Waals surface area contributed by atoms with Gasteiger partial charge in [0.25, 0.3) is 5.91 Å². The number of amides is 1. The molecule has 1 N–H and O–H groups in total. The van der Waals surface area contributed by atoms with Crippen molar-refractivity contribution in [2.75, 3.05) is 11.9 Å². The number of hydrogen-bond donors (Lipinski definition) is 1. The second kappa shape index (κ2) is 7.04. The second-order valence-corrected chi connectivity index (χ2v) is 6.42. The van der Waals surface area contributed by atoms with E-state index in [1.54, 1.807) is 13.0 Å². The van der Waals surface area contributed by atoms with Crippen molar-refractivity contribution in [3.63, 3.8) is 0 Å². The summed E-state index contributed by atoms with van der Waals surface area (Å²) in [5.41, 5.74) is 0.943. The fourth-order valence-electron chi connectivity index (χ4n) is 1.85. The summed E-state index contributed by atoms with van der Waals surface area (Å²) in [6.45, 7) is 6.54. The minimum Gasteiger partial charge on any atom is -0.351 e. The Balaban J connectivity index is 2.60. The van der Waals surface area contributed by atoms with Crippen LogP contribution in [0.5, 0.6) is 0 Å². The third-order valence-electron chi connectivity index (χ3n) is 3.08. The van der Waals surface area contributed by atoms with Gasteiger partial charge in [0, 0.05) is 11.9 Å². The number of carbonyl (C=O) groups excluding carboxylic acids is 1. The van der Waals surface area contributed by atoms with Crippen LogP contribution in [0.15, 0.2) is 18.2 Å². The van der Waals surface area contributed by atoms with Crippen LogP contribution in [-0.4, -0.2) is 17.8 Å². The number of carbonyl (C=O) groups is 1. The summed E-state index contributed by atoms with van der Waals surface area (Å²) in [4.78, 5) is 11.9. The maximum absolute atomic E-state index is 13.7. The van der Waals surface area contributed by atoms with Crippen molar-refractivity contribution in [1.82, 2.24) is 5.32 Å². The molecule has 1 aromatic rings. The zero-order chi connectivity index (χ0) is 14.5. The predicted octanol–water partition coefficient (Wildman–Crippen LogP) is 4.07. The summed E-state index contributed by atoms with van der Waals surface area (Å²) in [6.07, 6.45) is 2.07. The van der Waals surface area contributed by atoms with Crippen LogP contribution in [0.1, 0.15) is 42.6 Å². The Morgan fingerprint density at radius 3 is 2.68 bits per heavy atom. The molecule has 0 unspecified atom stereocenters. The highest BCUT2D eigenvalue weighted by atomic mass is 79.9. The number of nitrogens with one attached hydrogen (secondary N) is 1. The number of halogens is 2. The van der Waals surface area contributed by atoms with Gasteiger partial charge in [0.15, 0.2) is 0 Å². The van der Waals surface area contributed by atoms with Crippen molar-refractivity contribution in [2.45, 2.75) is 33.6 Å². The highest BCUT2D eigenvalue weighted by Crippen LogP contribution is 2.22. The Bertz CT molecular complexity index is 446. The number of hydrogen-bond acceptors (Lipinski definition) is 1. The molecule has 0 aromatic heterocycles. The van der Waals surface area contributed by atoms with Crippen LogP contribution in [0, 0.1) is 18.2 Å². The van der Waals surface area contributed by atoms with Gasteiger partial charge in [-0.3, -0.25) is 4.79 Å². The molecule has 0 aliphatic carbocycles. The quantitative estimate of drug-likeness (QED) is 0.783. The fourth-order valence-corrected chi connectivity index (χ4v) is 2.13. The van der Waals surface area contributed by atoms with Gasteiger partial charge in [-0.25, -0.2) is 4.39 Å². The first-order valence-electron chi connectivity index (χ1n) is 6.46. The number of aryl methyl sites for hydroxylation is 1. The van der Waals surface area contributed by atoms with Gasteiger partial charge >= 0.3 is 0 Å². The molecule has 0 radical (unpaired) electrons. The first kappa shape index (κ1) is 16.2. The van der Waals surface area contributed by atoms with E-state index >= 15 is 0 Å². The lowest BCUT2D eigenvalue weighted by atomic mass is 9.88. The van der Waals surface area contributed by atoms with Crippen LogP contribution in [-0.2, 0) is 0 Å². The van der Waals surface area contributed by atoms with Gasteiger partial charge in [0.05, 0.1) is 5.56 Å². The monoisotopic (exact) mass is 329 g/mol. The van der Waals surface area contributed by atoms with Gasteiger partial charge < -0.3 is 5.32 Å². The van der Waals surface area contributed by atoms with Crippen molar-refractivity contribution < 1.29 is 9.18 Å². The summed E-state index contributed by atoms with van der Waals surface area (Å²) in [5, 5.41) is 3.77. The van der Waals surface area contributed by atoms with Gasteiger partial charge in [-0.2, -0.15) is 0 Å². The van der Waals surface area contributed by atoms with E-state index in [4.69, 9.17) is 0 Å². The van der Waals surface area contributed by atoms with Gasteiger partial charge in [-0.15, -0.1) is 0 Å². The Morgan fingerprint density at radius 1 is 1.42 bits per heavy atom. The standard InChI is InChI=1S/C15H21BrFNO/c1-11-5-6-12(13(17)9-11)14(19)18-10-15(2,3)7-4-8-16/h5-6,9H,4,7-8,10H2,1-3H3,(H,18,19). The lowest BCUT2D eigenvalue weighted by molar-refractivity contribution is 0.0930. The zero-order valence-electron chi connectivity index (χ0n) is 11.7. The number of alkyl halides is 1. The molecule has 1 amide bonds. The van der Waals surface area contributed by atoms with E-state index in [1.165, 1.54) is 12.1 Å². The topological polar surface area (TPSA) is 29.1 Å². The van der Waals surface area contributed by atoms with Crippen LogP contribution >= 0.6 is 15.9 Å². The molecule has 1 aromatic carbocycles. The largest absolute Gasteiger partial charge is 0.351 e. The van der Waals surface area contributed by atoms with Gasteiger partial charge in [0.1, 0.15) is 5.82 Å². The molecule has 0 atom stereocenters. The van der Waals surface area contributed by atoms with E-state index in [2.05, 4.69) is 35.1 Å². The molecule has 4 heteroatoms. The number of benzene rings is 1. The molecule has 0 fully saturated rings. The van der Waals surface area contributed by atoms with Crippen LogP contribution < -0.4 is 5.32 Å². The highest BCUT2D eigenvalue weighted by Gasteiger charge is 2.19. The van der Waals surface area contributed by atoms with Gasteiger partial charge in [-0.05, 0) is 42.9 Å². The maximum atomic E-state index is 13.7. The Morgan fingerprint density at radius 2 is 2.11 bits per heavy atom. The molecular formula is C15H21BrFNO. The molecule has 2 nitrogen and oxygen atoms in total. The fraction of sp³-hybridized carbons (Fsp3) is 0.533. The summed E-state index contributed by atoms with van der Waals surface area (Å²) < 4.78 is 13.7. The summed E-state index contributed by atoms with van der Waals surface area (Å²) in [7, 11) is 0. The van der Waals surface area contributed by atoms with Crippen molar-refractivity contribution in [3.8, 4) is 0 Å². The van der Waals surface area contributed by atoms with Crippen molar-refractivity contribution in [2.24, 2.45) is 5.41 Å². The third-order valence-corrected chi connectivity index (χ3v) is 3.64. The second-order valence-electron chi connectivity index (χ2n) is 5.62. The normalized spacial score (nSPS) is 11.4. The van der Waals surface area contributed by atoms with E-state index in [0.717, 1.165) is 23.7 Å². The molecule has 0 bridgehead atoms. The average Bonchev–Trinajstić information content (AvgIpc) is 2.34. The number of rotatable bonds is 6. The molecule has 19 heavy (non-hydrogen) atoms. The molecule has 0 aliphatic rings. The average molecular weight is 330 g/mol. The highest BCUT2D eigenvalue weighted by molar-refractivity contribution is 9.09. The first-order chi connectivity index (χ1) is 8.85. The van der Waals surface area contributed by atoms with Crippen molar-refractivity contribution in [3.05, 3.63) is 35.1 Å². The van der Waals surface area contributed by atoms with Crippen molar-refractivity contribution >= 4 is 21.8 Å². The third kappa shape index (κ3) is 5.31. The zero-order valence-corrected chi connectivity index (χ0v) is 13.3. The lowest BCUT2D eigenvalue weighted by Crippen LogP contribution is -2.34. The van der Waals surface area contributed by atoms with E-state index in [-0.39, 0.29) is 16.9 Å². The molecule has 106 valence electrons. The summed E-state index contributed by atoms with van der Waals surface area (Å²) >= 11 is 3.40. The lowest BCUT2D eigenvalue weighted by Gasteiger charge is -2.24. The van der Waals surface area contributed by atoms with Crippen LogP contribution in [0.4, 0.5) is 4.39 Å². The van der Waals surface area contributed by atoms with Gasteiger partial charge in [0.2, 0.25) is 0 Å². The molecule has 0 heterocycles. The van der Waals surface area contributed by atoms with E-state index in [1.807, 2.05) is 0 Å². The minimum atomic E-state index is -0.462. The Kier molecular flexibility index (Phi) is 5.98. The Hall–Kier alpha value is -0.900. The van der Waals surface area contributed by atoms with E-state index in [0.29, 0.717) is 6.54 Å². The SMILES string of the molecule is Cc1ccc(C(=O)NCC(C)(C)CCCBr)c(F)c1. The molecule has 1 rings (SSSR count). The van der Waals surface area contributed by atoms with Crippen LogP contribution in [0.2, 0.25) is 0 Å². The Labute approximate surface area is 122 Å². The summed E-state index contributed by atoms with van der Waals surface area (Å²) in [5.74, 6) is -0.805. The van der Waals surface area contributed by atoms with E-state index < -0.39 is 5.82 Å². The molecular weight excluding hydrogens is 309 g/mol. The minimum absolute atomic E-state index is 0.0185. The summed E-state index contributed by atoms with van der Waals surface area (Å²) in [6, 6.07) is 4.66. The van der Waals surface area contributed by atoms with Gasteiger partial charge in [-0.1, -0.05) is 35.8 Å². The molecule has 0 saturated heterocycles. The molecule has 0 aliphatic heterocycles. The molecule has 0 saturated carbocycles. The van der Waals surface area contributed by atoms with Crippen LogP contribution in [0.3, 0.4) is 0 Å². The van der Waals surface area contributed by atoms with Crippen molar-refractivity contribution in [1.29, 1.82) is 0 Å². The first-order valence-corrected chi connectivity index (χ1v) is 7.58. The smallest absolute Gasteiger partial charge is 0.254 e. The molecule has 0 spiro atoms. The predicted molar refractivity (Wildman–Crippen MR) is 80.3 cm³/mol. The maximum Gasteiger partial charge on any atom is 0.254 e.